The highest BCUT2D eigenvalue weighted by atomic mass is 35.5. The first-order chi connectivity index (χ1) is 14.1. The molecule has 0 spiro atoms. The molecule has 3 aromatic carbocycles. The molecule has 0 bridgehead atoms. The average Bonchev–Trinajstić information content (AvgIpc) is 3.01. The number of para-hydroxylation sites is 1. The highest BCUT2D eigenvalue weighted by molar-refractivity contribution is 6.51. The number of amides is 1. The summed E-state index contributed by atoms with van der Waals surface area (Å²) in [6.45, 7) is 0. The van der Waals surface area contributed by atoms with Crippen LogP contribution < -0.4 is 9.64 Å². The molecule has 0 radical (unpaired) electrons. The number of ketones is 1. The summed E-state index contributed by atoms with van der Waals surface area (Å²) in [7, 11) is 1.60. The molecule has 1 aliphatic heterocycles. The molecular weight excluding hydrogens is 386 g/mol. The lowest BCUT2D eigenvalue weighted by atomic mass is 9.96. The Balaban J connectivity index is 1.86. The number of halogens is 1. The molecule has 1 aliphatic rings. The van der Waals surface area contributed by atoms with Gasteiger partial charge < -0.3 is 4.74 Å². The molecule has 3 aromatic rings. The molecule has 4 rings (SSSR count). The zero-order chi connectivity index (χ0) is 20.4. The van der Waals surface area contributed by atoms with Crippen molar-refractivity contribution in [2.24, 2.45) is 0 Å². The van der Waals surface area contributed by atoms with E-state index < -0.39 is 17.7 Å². The van der Waals surface area contributed by atoms with Crippen LogP contribution in [-0.4, -0.2) is 18.8 Å². The van der Waals surface area contributed by atoms with Crippen molar-refractivity contribution in [3.8, 4) is 5.75 Å². The Morgan fingerprint density at radius 2 is 1.55 bits per heavy atom. The van der Waals surface area contributed by atoms with E-state index in [-0.39, 0.29) is 0 Å². The fourth-order valence-electron chi connectivity index (χ4n) is 3.47. The number of carbonyl (C=O) groups is 2. The standard InChI is InChI=1S/C24H18ClNO3/c1-29-20-13-9-17(10-14-20)22-21(15-16-7-11-18(25)12-8-16)23(27)24(28)26(22)19-5-3-2-4-6-19/h2-15,22H,1H3/b21-15-. The summed E-state index contributed by atoms with van der Waals surface area (Å²) in [5.74, 6) is -0.347. The fourth-order valence-corrected chi connectivity index (χ4v) is 3.59. The summed E-state index contributed by atoms with van der Waals surface area (Å²) in [6, 6.07) is 23.3. The maximum absolute atomic E-state index is 13.0. The SMILES string of the molecule is COc1ccc(C2/C(=C/c3ccc(Cl)cc3)C(=O)C(=O)N2c2ccccc2)cc1. The molecule has 1 atom stereocenters. The van der Waals surface area contributed by atoms with E-state index >= 15 is 0 Å². The van der Waals surface area contributed by atoms with Crippen LogP contribution in [0.4, 0.5) is 5.69 Å². The van der Waals surface area contributed by atoms with Gasteiger partial charge in [-0.05, 0) is 53.6 Å². The second kappa shape index (κ2) is 7.94. The van der Waals surface area contributed by atoms with Crippen LogP contribution in [0, 0.1) is 0 Å². The van der Waals surface area contributed by atoms with Crippen LogP contribution in [0.5, 0.6) is 5.75 Å². The molecule has 5 heteroatoms. The molecule has 0 aromatic heterocycles. The summed E-state index contributed by atoms with van der Waals surface area (Å²) < 4.78 is 5.24. The van der Waals surface area contributed by atoms with Gasteiger partial charge in [0.05, 0.1) is 13.2 Å². The van der Waals surface area contributed by atoms with Crippen LogP contribution in [0.3, 0.4) is 0 Å². The predicted molar refractivity (Wildman–Crippen MR) is 114 cm³/mol. The Hall–Kier alpha value is -3.37. The fraction of sp³-hybridized carbons (Fsp3) is 0.0833. The zero-order valence-corrected chi connectivity index (χ0v) is 16.5. The molecule has 1 saturated heterocycles. The van der Waals surface area contributed by atoms with Crippen molar-refractivity contribution in [2.45, 2.75) is 6.04 Å². The number of hydrogen-bond acceptors (Lipinski definition) is 3. The lowest BCUT2D eigenvalue weighted by Gasteiger charge is -2.25. The third kappa shape index (κ3) is 3.67. The topological polar surface area (TPSA) is 46.6 Å². The van der Waals surface area contributed by atoms with Gasteiger partial charge in [0, 0.05) is 16.3 Å². The molecule has 1 fully saturated rings. The number of Topliss-reactive ketones (excluding diaryl/α,β-unsaturated/α-hetero) is 1. The molecule has 4 nitrogen and oxygen atoms in total. The van der Waals surface area contributed by atoms with E-state index in [2.05, 4.69) is 0 Å². The van der Waals surface area contributed by atoms with Gasteiger partial charge in [0.15, 0.2) is 0 Å². The number of hydrogen-bond donors (Lipinski definition) is 0. The molecule has 0 saturated carbocycles. The zero-order valence-electron chi connectivity index (χ0n) is 15.7. The van der Waals surface area contributed by atoms with Crippen LogP contribution in [0.2, 0.25) is 5.02 Å². The van der Waals surface area contributed by atoms with Gasteiger partial charge in [-0.3, -0.25) is 14.5 Å². The highest BCUT2D eigenvalue weighted by Gasteiger charge is 2.44. The van der Waals surface area contributed by atoms with E-state index in [1.54, 1.807) is 30.2 Å². The maximum atomic E-state index is 13.0. The minimum atomic E-state index is -0.544. The summed E-state index contributed by atoms with van der Waals surface area (Å²) in [6.07, 6.45) is 1.76. The van der Waals surface area contributed by atoms with E-state index in [4.69, 9.17) is 16.3 Å². The third-order valence-corrected chi connectivity index (χ3v) is 5.14. The van der Waals surface area contributed by atoms with E-state index in [1.165, 1.54) is 0 Å². The Kier molecular flexibility index (Phi) is 5.19. The molecule has 29 heavy (non-hydrogen) atoms. The Bertz CT molecular complexity index is 1070. The number of rotatable bonds is 4. The second-order valence-electron chi connectivity index (χ2n) is 6.67. The number of nitrogens with zero attached hydrogens (tertiary/aromatic N) is 1. The van der Waals surface area contributed by atoms with Crippen LogP contribution in [-0.2, 0) is 9.59 Å². The van der Waals surface area contributed by atoms with E-state index in [0.717, 1.165) is 11.1 Å². The van der Waals surface area contributed by atoms with Crippen molar-refractivity contribution >= 4 is 35.1 Å². The molecule has 0 N–H and O–H groups in total. The summed E-state index contributed by atoms with van der Waals surface area (Å²) >= 11 is 5.97. The number of carbonyl (C=O) groups excluding carboxylic acids is 2. The second-order valence-corrected chi connectivity index (χ2v) is 7.10. The number of anilines is 1. The smallest absolute Gasteiger partial charge is 0.299 e. The molecule has 0 aliphatic carbocycles. The van der Waals surface area contributed by atoms with Gasteiger partial charge in [0.1, 0.15) is 5.75 Å². The van der Waals surface area contributed by atoms with Crippen molar-refractivity contribution in [1.29, 1.82) is 0 Å². The van der Waals surface area contributed by atoms with Gasteiger partial charge in [-0.25, -0.2) is 0 Å². The molecule has 1 amide bonds. The van der Waals surface area contributed by atoms with Gasteiger partial charge in [0.25, 0.3) is 5.91 Å². The summed E-state index contributed by atoms with van der Waals surface area (Å²) in [4.78, 5) is 27.5. The van der Waals surface area contributed by atoms with Crippen LogP contribution in [0.25, 0.3) is 6.08 Å². The van der Waals surface area contributed by atoms with Crippen molar-refractivity contribution in [2.75, 3.05) is 12.0 Å². The lowest BCUT2D eigenvalue weighted by molar-refractivity contribution is -0.132. The van der Waals surface area contributed by atoms with Crippen molar-refractivity contribution in [3.05, 3.63) is 101 Å². The van der Waals surface area contributed by atoms with Gasteiger partial charge >= 0.3 is 0 Å². The number of ether oxygens (including phenoxy) is 1. The maximum Gasteiger partial charge on any atom is 0.299 e. The average molecular weight is 404 g/mol. The van der Waals surface area contributed by atoms with Gasteiger partial charge in [-0.1, -0.05) is 54.1 Å². The van der Waals surface area contributed by atoms with E-state index in [1.807, 2.05) is 66.7 Å². The Labute approximate surface area is 174 Å². The largest absolute Gasteiger partial charge is 0.497 e. The molecule has 144 valence electrons. The number of methoxy groups -OCH3 is 1. The van der Waals surface area contributed by atoms with Crippen molar-refractivity contribution in [1.82, 2.24) is 0 Å². The van der Waals surface area contributed by atoms with Crippen molar-refractivity contribution < 1.29 is 14.3 Å². The summed E-state index contributed by atoms with van der Waals surface area (Å²) in [5.41, 5.74) is 2.73. The minimum Gasteiger partial charge on any atom is -0.497 e. The van der Waals surface area contributed by atoms with Crippen LogP contribution >= 0.6 is 11.6 Å². The normalized spacial score (nSPS) is 17.8. The predicted octanol–water partition coefficient (Wildman–Crippen LogP) is 5.09. The van der Waals surface area contributed by atoms with Gasteiger partial charge in [-0.2, -0.15) is 0 Å². The molecule has 1 heterocycles. The van der Waals surface area contributed by atoms with Gasteiger partial charge in [-0.15, -0.1) is 0 Å². The first-order valence-electron chi connectivity index (χ1n) is 9.12. The van der Waals surface area contributed by atoms with E-state index in [9.17, 15) is 9.59 Å². The summed E-state index contributed by atoms with van der Waals surface area (Å²) in [5, 5.41) is 0.610. The Morgan fingerprint density at radius 3 is 2.17 bits per heavy atom. The lowest BCUT2D eigenvalue weighted by Crippen LogP contribution is -2.29. The minimum absolute atomic E-state index is 0.423. The Morgan fingerprint density at radius 1 is 0.897 bits per heavy atom. The van der Waals surface area contributed by atoms with Gasteiger partial charge in [0.2, 0.25) is 5.78 Å². The van der Waals surface area contributed by atoms with Crippen LogP contribution in [0.1, 0.15) is 17.2 Å². The molecular formula is C24H18ClNO3. The molecule has 1 unspecified atom stereocenters. The van der Waals surface area contributed by atoms with Crippen LogP contribution in [0.15, 0.2) is 84.4 Å². The van der Waals surface area contributed by atoms with E-state index in [0.29, 0.717) is 22.0 Å². The number of benzene rings is 3. The monoisotopic (exact) mass is 403 g/mol. The first-order valence-corrected chi connectivity index (χ1v) is 9.50. The quantitative estimate of drug-likeness (QED) is 0.450. The first kappa shape index (κ1) is 19.0. The highest BCUT2D eigenvalue weighted by Crippen LogP contribution is 2.40. The third-order valence-electron chi connectivity index (χ3n) is 4.89. The van der Waals surface area contributed by atoms with Crippen molar-refractivity contribution in [3.63, 3.8) is 0 Å².